The third-order valence-electron chi connectivity index (χ3n) is 4.50. The van der Waals surface area contributed by atoms with E-state index in [1.165, 1.54) is 12.3 Å². The van der Waals surface area contributed by atoms with Gasteiger partial charge in [-0.15, -0.1) is 0 Å². The molecule has 1 heterocycles. The molecule has 5 heteroatoms. The largest absolute Gasteiger partial charge is 0.352 e. The van der Waals surface area contributed by atoms with Crippen molar-refractivity contribution in [3.8, 4) is 0 Å². The average Bonchev–Trinajstić information content (AvgIpc) is 2.74. The third-order valence-corrected chi connectivity index (χ3v) is 4.50. The molecule has 0 saturated carbocycles. The molecule has 0 unspecified atom stereocenters. The molecule has 3 aromatic rings. The Morgan fingerprint density at radius 2 is 1.64 bits per heavy atom. The number of carbonyl (C=O) groups is 2. The van der Waals surface area contributed by atoms with Crippen LogP contribution in [0.4, 0.5) is 0 Å². The highest BCUT2D eigenvalue weighted by Crippen LogP contribution is 2.07. The van der Waals surface area contributed by atoms with Gasteiger partial charge in [-0.25, -0.2) is 0 Å². The Hall–Kier alpha value is -3.47. The summed E-state index contributed by atoms with van der Waals surface area (Å²) in [6, 6.07) is 21.0. The van der Waals surface area contributed by atoms with E-state index in [-0.39, 0.29) is 17.5 Å². The summed E-state index contributed by atoms with van der Waals surface area (Å²) in [6.45, 7) is 2.95. The normalized spacial score (nSPS) is 10.3. The van der Waals surface area contributed by atoms with E-state index in [2.05, 4.69) is 15.6 Å². The van der Waals surface area contributed by atoms with Gasteiger partial charge >= 0.3 is 0 Å². The summed E-state index contributed by atoms with van der Waals surface area (Å²) in [7, 11) is 0. The van der Waals surface area contributed by atoms with Gasteiger partial charge in [0.05, 0.1) is 0 Å². The van der Waals surface area contributed by atoms with E-state index in [0.29, 0.717) is 18.7 Å². The minimum atomic E-state index is -0.304. The number of aromatic nitrogens is 1. The third kappa shape index (κ3) is 5.27. The highest BCUT2D eigenvalue weighted by atomic mass is 16.2. The predicted octanol–water partition coefficient (Wildman–Crippen LogP) is 3.29. The lowest BCUT2D eigenvalue weighted by Gasteiger charge is -2.09. The molecule has 2 aromatic carbocycles. The molecule has 0 aliphatic rings. The number of benzene rings is 2. The van der Waals surface area contributed by atoms with Crippen LogP contribution in [0.1, 0.15) is 37.5 Å². The number of amides is 2. The van der Waals surface area contributed by atoms with Crippen molar-refractivity contribution >= 4 is 11.8 Å². The molecule has 5 nitrogen and oxygen atoms in total. The SMILES string of the molecule is Cc1ccccc1CNC(=O)c1cc(C(=O)NCCc2ccccc2)ccn1. The number of nitrogens with one attached hydrogen (secondary N) is 2. The maximum absolute atomic E-state index is 12.4. The van der Waals surface area contributed by atoms with Crippen LogP contribution in [0.25, 0.3) is 0 Å². The molecule has 2 amide bonds. The number of hydrogen-bond acceptors (Lipinski definition) is 3. The van der Waals surface area contributed by atoms with Gasteiger partial charge in [-0.3, -0.25) is 14.6 Å². The van der Waals surface area contributed by atoms with Crippen LogP contribution in [0.15, 0.2) is 72.9 Å². The van der Waals surface area contributed by atoms with Crippen molar-refractivity contribution in [3.63, 3.8) is 0 Å². The molecular weight excluding hydrogens is 350 g/mol. The van der Waals surface area contributed by atoms with Crippen LogP contribution in [0, 0.1) is 6.92 Å². The Labute approximate surface area is 164 Å². The smallest absolute Gasteiger partial charge is 0.270 e. The molecule has 28 heavy (non-hydrogen) atoms. The monoisotopic (exact) mass is 373 g/mol. The number of pyridine rings is 1. The van der Waals surface area contributed by atoms with Crippen LogP contribution in [-0.2, 0) is 13.0 Å². The van der Waals surface area contributed by atoms with Gasteiger partial charge in [-0.2, -0.15) is 0 Å². The molecule has 0 saturated heterocycles. The average molecular weight is 373 g/mol. The Balaban J connectivity index is 1.55. The van der Waals surface area contributed by atoms with Crippen LogP contribution in [0.5, 0.6) is 0 Å². The van der Waals surface area contributed by atoms with Gasteiger partial charge in [-0.1, -0.05) is 54.6 Å². The van der Waals surface area contributed by atoms with E-state index < -0.39 is 0 Å². The van der Waals surface area contributed by atoms with Gasteiger partial charge in [0.15, 0.2) is 0 Å². The number of rotatable bonds is 7. The molecule has 0 aliphatic carbocycles. The van der Waals surface area contributed by atoms with Crippen LogP contribution < -0.4 is 10.6 Å². The predicted molar refractivity (Wildman–Crippen MR) is 109 cm³/mol. The van der Waals surface area contributed by atoms with E-state index in [4.69, 9.17) is 0 Å². The molecule has 0 atom stereocenters. The van der Waals surface area contributed by atoms with E-state index in [1.54, 1.807) is 6.07 Å². The van der Waals surface area contributed by atoms with Gasteiger partial charge in [0, 0.05) is 24.8 Å². The number of hydrogen-bond donors (Lipinski definition) is 2. The topological polar surface area (TPSA) is 71.1 Å². The maximum atomic E-state index is 12.4. The fourth-order valence-electron chi connectivity index (χ4n) is 2.84. The van der Waals surface area contributed by atoms with Crippen LogP contribution in [0.2, 0.25) is 0 Å². The number of carbonyl (C=O) groups excluding carboxylic acids is 2. The van der Waals surface area contributed by atoms with Crippen molar-refractivity contribution in [2.75, 3.05) is 6.54 Å². The molecule has 142 valence electrons. The summed E-state index contributed by atoms with van der Waals surface area (Å²) >= 11 is 0. The molecule has 0 bridgehead atoms. The quantitative estimate of drug-likeness (QED) is 0.668. The summed E-state index contributed by atoms with van der Waals surface area (Å²) in [4.78, 5) is 28.9. The van der Waals surface area contributed by atoms with Gasteiger partial charge in [0.2, 0.25) is 0 Å². The summed E-state index contributed by atoms with van der Waals surface area (Å²) in [6.07, 6.45) is 2.23. The maximum Gasteiger partial charge on any atom is 0.270 e. The second-order valence-corrected chi connectivity index (χ2v) is 6.53. The number of nitrogens with zero attached hydrogens (tertiary/aromatic N) is 1. The van der Waals surface area contributed by atoms with E-state index >= 15 is 0 Å². The van der Waals surface area contributed by atoms with Crippen LogP contribution >= 0.6 is 0 Å². The van der Waals surface area contributed by atoms with Gasteiger partial charge in [-0.05, 0) is 42.2 Å². The van der Waals surface area contributed by atoms with Crippen molar-refractivity contribution in [2.24, 2.45) is 0 Å². The summed E-state index contributed by atoms with van der Waals surface area (Å²) in [5, 5.41) is 5.73. The minimum Gasteiger partial charge on any atom is -0.352 e. The van der Waals surface area contributed by atoms with Gasteiger partial charge in [0.25, 0.3) is 11.8 Å². The van der Waals surface area contributed by atoms with Crippen molar-refractivity contribution in [1.82, 2.24) is 15.6 Å². The molecule has 0 aliphatic heterocycles. The molecule has 0 radical (unpaired) electrons. The summed E-state index contributed by atoms with van der Waals surface area (Å²) in [5.74, 6) is -0.520. The molecular formula is C23H23N3O2. The Kier molecular flexibility index (Phi) is 6.52. The first-order valence-electron chi connectivity index (χ1n) is 9.24. The van der Waals surface area contributed by atoms with Crippen molar-refractivity contribution in [2.45, 2.75) is 19.9 Å². The van der Waals surface area contributed by atoms with Gasteiger partial charge in [0.1, 0.15) is 5.69 Å². The minimum absolute atomic E-state index is 0.216. The van der Waals surface area contributed by atoms with E-state index in [9.17, 15) is 9.59 Å². The summed E-state index contributed by atoms with van der Waals surface area (Å²) in [5.41, 5.74) is 3.97. The van der Waals surface area contributed by atoms with Crippen LogP contribution in [-0.4, -0.2) is 23.3 Å². The first-order chi connectivity index (χ1) is 13.6. The van der Waals surface area contributed by atoms with Crippen molar-refractivity contribution in [1.29, 1.82) is 0 Å². The second kappa shape index (κ2) is 9.46. The highest BCUT2D eigenvalue weighted by molar-refractivity contribution is 5.98. The number of aryl methyl sites for hydroxylation is 1. The van der Waals surface area contributed by atoms with E-state index in [1.807, 2.05) is 61.5 Å². The first-order valence-corrected chi connectivity index (χ1v) is 9.24. The molecule has 1 aromatic heterocycles. The lowest BCUT2D eigenvalue weighted by atomic mass is 10.1. The molecule has 2 N–H and O–H groups in total. The molecule has 0 spiro atoms. The summed E-state index contributed by atoms with van der Waals surface area (Å²) < 4.78 is 0. The zero-order valence-corrected chi connectivity index (χ0v) is 15.8. The zero-order chi connectivity index (χ0) is 19.8. The first kappa shape index (κ1) is 19.3. The molecule has 0 fully saturated rings. The lowest BCUT2D eigenvalue weighted by Crippen LogP contribution is -2.27. The zero-order valence-electron chi connectivity index (χ0n) is 15.8. The Bertz CT molecular complexity index is 955. The van der Waals surface area contributed by atoms with Crippen molar-refractivity contribution in [3.05, 3.63) is 101 Å². The fraction of sp³-hybridized carbons (Fsp3) is 0.174. The highest BCUT2D eigenvalue weighted by Gasteiger charge is 2.12. The standard InChI is InChI=1S/C23H23N3O2/c1-17-7-5-6-10-20(17)16-26-23(28)21-15-19(12-14-24-21)22(27)25-13-11-18-8-3-2-4-9-18/h2-10,12,14-15H,11,13,16H2,1H3,(H,25,27)(H,26,28). The van der Waals surface area contributed by atoms with E-state index in [0.717, 1.165) is 23.1 Å². The van der Waals surface area contributed by atoms with Crippen LogP contribution in [0.3, 0.4) is 0 Å². The molecule has 3 rings (SSSR count). The lowest BCUT2D eigenvalue weighted by molar-refractivity contribution is 0.0946. The Morgan fingerprint density at radius 1 is 0.893 bits per heavy atom. The second-order valence-electron chi connectivity index (χ2n) is 6.53. The van der Waals surface area contributed by atoms with Gasteiger partial charge < -0.3 is 10.6 Å². The fourth-order valence-corrected chi connectivity index (χ4v) is 2.84. The Morgan fingerprint density at radius 3 is 2.43 bits per heavy atom. The van der Waals surface area contributed by atoms with Crippen molar-refractivity contribution < 1.29 is 9.59 Å².